The molecule has 0 radical (unpaired) electrons. The summed E-state index contributed by atoms with van der Waals surface area (Å²) in [5.41, 5.74) is 2.47. The second-order valence-corrected chi connectivity index (χ2v) is 5.47. The van der Waals surface area contributed by atoms with Crippen LogP contribution in [0.3, 0.4) is 0 Å². The minimum Gasteiger partial charge on any atom is -0.742 e. The van der Waals surface area contributed by atoms with E-state index in [9.17, 15) is 22.9 Å². The SMILES string of the molecule is O=C(NN=Cc1ccc(S(=O)(=O)[O-])o1)C(O)c1ccccc1. The Morgan fingerprint density at radius 3 is 2.55 bits per heavy atom. The van der Waals surface area contributed by atoms with E-state index in [1.165, 1.54) is 6.07 Å². The van der Waals surface area contributed by atoms with Gasteiger partial charge in [0.05, 0.1) is 6.21 Å². The Bertz CT molecular complexity index is 782. The van der Waals surface area contributed by atoms with E-state index in [4.69, 9.17) is 4.42 Å². The van der Waals surface area contributed by atoms with Gasteiger partial charge in [-0.15, -0.1) is 0 Å². The number of nitrogens with one attached hydrogen (secondary N) is 1. The highest BCUT2D eigenvalue weighted by Crippen LogP contribution is 2.13. The molecule has 116 valence electrons. The quantitative estimate of drug-likeness (QED) is 0.464. The van der Waals surface area contributed by atoms with E-state index >= 15 is 0 Å². The number of furan rings is 1. The number of nitrogens with zero attached hydrogens (tertiary/aromatic N) is 1. The van der Waals surface area contributed by atoms with Crippen LogP contribution in [0, 0.1) is 0 Å². The molecule has 0 aliphatic rings. The van der Waals surface area contributed by atoms with Crippen molar-refractivity contribution in [2.24, 2.45) is 5.10 Å². The molecule has 0 aliphatic heterocycles. The summed E-state index contributed by atoms with van der Waals surface area (Å²) in [6, 6.07) is 10.4. The number of hydrogen-bond donors (Lipinski definition) is 2. The Morgan fingerprint density at radius 1 is 1.27 bits per heavy atom. The maximum absolute atomic E-state index is 11.6. The molecule has 22 heavy (non-hydrogen) atoms. The number of hydrazone groups is 1. The molecular weight excluding hydrogens is 312 g/mol. The summed E-state index contributed by atoms with van der Waals surface area (Å²) in [5, 5.41) is 12.5. The van der Waals surface area contributed by atoms with Gasteiger partial charge in [0, 0.05) is 0 Å². The molecule has 9 heteroatoms. The van der Waals surface area contributed by atoms with Crippen molar-refractivity contribution < 1.29 is 27.3 Å². The monoisotopic (exact) mass is 323 g/mol. The van der Waals surface area contributed by atoms with Gasteiger partial charge < -0.3 is 14.1 Å². The number of hydrogen-bond acceptors (Lipinski definition) is 7. The minimum absolute atomic E-state index is 0.0380. The molecule has 0 fully saturated rings. The van der Waals surface area contributed by atoms with Gasteiger partial charge in [-0.05, 0) is 17.7 Å². The highest BCUT2D eigenvalue weighted by molar-refractivity contribution is 7.85. The summed E-state index contributed by atoms with van der Waals surface area (Å²) in [4.78, 5) is 11.6. The van der Waals surface area contributed by atoms with Crippen LogP contribution in [-0.4, -0.2) is 30.2 Å². The number of aliphatic hydroxyl groups is 1. The number of rotatable bonds is 5. The van der Waals surface area contributed by atoms with Crippen LogP contribution in [0.2, 0.25) is 0 Å². The minimum atomic E-state index is -4.68. The van der Waals surface area contributed by atoms with Crippen LogP contribution in [0.4, 0.5) is 0 Å². The summed E-state index contributed by atoms with van der Waals surface area (Å²) in [7, 11) is -4.68. The van der Waals surface area contributed by atoms with Crippen LogP contribution < -0.4 is 5.43 Å². The first-order valence-corrected chi connectivity index (χ1v) is 7.40. The molecule has 0 spiro atoms. The number of carbonyl (C=O) groups is 1. The van der Waals surface area contributed by atoms with Crippen LogP contribution >= 0.6 is 0 Å². The van der Waals surface area contributed by atoms with E-state index < -0.39 is 27.2 Å². The first-order valence-electron chi connectivity index (χ1n) is 5.99. The molecule has 2 aromatic rings. The molecule has 1 atom stereocenters. The van der Waals surface area contributed by atoms with E-state index in [1.807, 2.05) is 0 Å². The third-order valence-electron chi connectivity index (χ3n) is 2.58. The third-order valence-corrected chi connectivity index (χ3v) is 3.29. The predicted octanol–water partition coefficient (Wildman–Crippen LogP) is 0.367. The van der Waals surface area contributed by atoms with Gasteiger partial charge >= 0.3 is 0 Å². The van der Waals surface area contributed by atoms with Crippen molar-refractivity contribution in [1.29, 1.82) is 0 Å². The van der Waals surface area contributed by atoms with Gasteiger partial charge in [-0.25, -0.2) is 13.8 Å². The highest BCUT2D eigenvalue weighted by Gasteiger charge is 2.16. The predicted molar refractivity (Wildman–Crippen MR) is 73.8 cm³/mol. The van der Waals surface area contributed by atoms with E-state index in [1.54, 1.807) is 30.3 Å². The molecule has 1 unspecified atom stereocenters. The van der Waals surface area contributed by atoms with Crippen molar-refractivity contribution in [3.8, 4) is 0 Å². The molecule has 0 saturated heterocycles. The highest BCUT2D eigenvalue weighted by atomic mass is 32.2. The van der Waals surface area contributed by atoms with Gasteiger partial charge in [-0.2, -0.15) is 5.10 Å². The zero-order valence-electron chi connectivity index (χ0n) is 11.0. The third kappa shape index (κ3) is 4.01. The van der Waals surface area contributed by atoms with Gasteiger partial charge in [-0.1, -0.05) is 30.3 Å². The van der Waals surface area contributed by atoms with Gasteiger partial charge in [0.1, 0.15) is 5.76 Å². The molecule has 0 aliphatic carbocycles. The fourth-order valence-corrected chi connectivity index (χ4v) is 1.98. The van der Waals surface area contributed by atoms with Crippen molar-refractivity contribution in [1.82, 2.24) is 5.43 Å². The van der Waals surface area contributed by atoms with Gasteiger partial charge in [0.25, 0.3) is 5.91 Å². The van der Waals surface area contributed by atoms with Gasteiger partial charge in [0.15, 0.2) is 16.2 Å². The lowest BCUT2D eigenvalue weighted by Crippen LogP contribution is -2.25. The Kier molecular flexibility index (Phi) is 4.71. The average Bonchev–Trinajstić information content (AvgIpc) is 2.96. The summed E-state index contributed by atoms with van der Waals surface area (Å²) in [6.45, 7) is 0. The normalized spacial score (nSPS) is 13.2. The summed E-state index contributed by atoms with van der Waals surface area (Å²) in [5.74, 6) is -0.811. The molecule has 1 heterocycles. The van der Waals surface area contributed by atoms with Crippen molar-refractivity contribution in [2.75, 3.05) is 0 Å². The Labute approximate surface area is 125 Å². The maximum atomic E-state index is 11.6. The number of carbonyl (C=O) groups excluding carboxylic acids is 1. The second-order valence-electron chi connectivity index (χ2n) is 4.16. The summed E-state index contributed by atoms with van der Waals surface area (Å²) >= 11 is 0. The fraction of sp³-hybridized carbons (Fsp3) is 0.0769. The standard InChI is InChI=1S/C13H12N2O6S/c16-12(9-4-2-1-3-5-9)13(17)15-14-8-10-6-7-11(21-10)22(18,19)20/h1-8,12,16H,(H,15,17)(H,18,19,20)/p-1. The Hall–Kier alpha value is -2.49. The zero-order valence-corrected chi connectivity index (χ0v) is 11.9. The first-order chi connectivity index (χ1) is 10.4. The molecule has 1 aromatic carbocycles. The summed E-state index contributed by atoms with van der Waals surface area (Å²) in [6.07, 6.45) is -0.392. The van der Waals surface area contributed by atoms with Crippen LogP contribution in [0.5, 0.6) is 0 Å². The van der Waals surface area contributed by atoms with Gasteiger partial charge in [-0.3, -0.25) is 4.79 Å². The van der Waals surface area contributed by atoms with Crippen LogP contribution in [0.25, 0.3) is 0 Å². The molecule has 2 rings (SSSR count). The number of aliphatic hydroxyl groups excluding tert-OH is 1. The average molecular weight is 323 g/mol. The number of benzene rings is 1. The molecule has 1 aromatic heterocycles. The smallest absolute Gasteiger partial charge is 0.273 e. The van der Waals surface area contributed by atoms with E-state index in [2.05, 4.69) is 10.5 Å². The van der Waals surface area contributed by atoms with E-state index in [0.29, 0.717) is 5.56 Å². The molecular formula is C13H11N2O6S-. The molecule has 1 amide bonds. The van der Waals surface area contributed by atoms with Gasteiger partial charge in [0.2, 0.25) is 5.09 Å². The topological polar surface area (TPSA) is 132 Å². The van der Waals surface area contributed by atoms with Crippen molar-refractivity contribution in [3.63, 3.8) is 0 Å². The van der Waals surface area contributed by atoms with E-state index in [-0.39, 0.29) is 5.76 Å². The Balaban J connectivity index is 1.97. The zero-order chi connectivity index (χ0) is 16.2. The first kappa shape index (κ1) is 15.9. The van der Waals surface area contributed by atoms with E-state index in [0.717, 1.165) is 12.3 Å². The largest absolute Gasteiger partial charge is 0.742 e. The molecule has 2 N–H and O–H groups in total. The summed E-state index contributed by atoms with van der Waals surface area (Å²) < 4.78 is 36.7. The molecule has 0 saturated carbocycles. The van der Waals surface area contributed by atoms with Crippen molar-refractivity contribution >= 4 is 22.2 Å². The van der Waals surface area contributed by atoms with Crippen LogP contribution in [-0.2, 0) is 14.9 Å². The molecule has 8 nitrogen and oxygen atoms in total. The lowest BCUT2D eigenvalue weighted by Gasteiger charge is -2.08. The maximum Gasteiger partial charge on any atom is 0.273 e. The van der Waals surface area contributed by atoms with Crippen LogP contribution in [0.1, 0.15) is 17.4 Å². The second kappa shape index (κ2) is 6.52. The van der Waals surface area contributed by atoms with Crippen LogP contribution in [0.15, 0.2) is 57.1 Å². The van der Waals surface area contributed by atoms with Crippen molar-refractivity contribution in [3.05, 3.63) is 53.8 Å². The number of amides is 1. The Morgan fingerprint density at radius 2 is 1.95 bits per heavy atom. The molecule has 0 bridgehead atoms. The lowest BCUT2D eigenvalue weighted by atomic mass is 10.1. The lowest BCUT2D eigenvalue weighted by molar-refractivity contribution is -0.129. The fourth-order valence-electron chi connectivity index (χ4n) is 1.55. The van der Waals surface area contributed by atoms with Crippen molar-refractivity contribution in [2.45, 2.75) is 11.2 Å².